The Kier molecular flexibility index (Phi) is 4.49. The normalized spacial score (nSPS) is 11.7. The summed E-state index contributed by atoms with van der Waals surface area (Å²) in [6.45, 7) is 2.04. The summed E-state index contributed by atoms with van der Waals surface area (Å²) in [7, 11) is 0. The van der Waals surface area contributed by atoms with E-state index >= 15 is 0 Å². The van der Waals surface area contributed by atoms with Gasteiger partial charge in [-0.1, -0.05) is 29.8 Å². The van der Waals surface area contributed by atoms with Gasteiger partial charge in [0.15, 0.2) is 0 Å². The molecule has 3 nitrogen and oxygen atoms in total. The van der Waals surface area contributed by atoms with Gasteiger partial charge in [-0.25, -0.2) is 0 Å². The summed E-state index contributed by atoms with van der Waals surface area (Å²) < 4.78 is 0. The molecule has 0 aliphatic heterocycles. The molecule has 2 rings (SSSR count). The second-order valence-corrected chi connectivity index (χ2v) is 5.04. The number of benzene rings is 2. The second-order valence-electron chi connectivity index (χ2n) is 4.64. The second kappa shape index (κ2) is 6.31. The summed E-state index contributed by atoms with van der Waals surface area (Å²) in [4.78, 5) is 0. The van der Waals surface area contributed by atoms with Crippen molar-refractivity contribution in [2.45, 2.75) is 19.4 Å². The molecule has 0 aromatic heterocycles. The molecule has 0 spiro atoms. The third-order valence-corrected chi connectivity index (χ3v) is 3.51. The lowest BCUT2D eigenvalue weighted by molar-refractivity contribution is 0.884. The number of nitriles is 1. The van der Waals surface area contributed by atoms with Gasteiger partial charge in [-0.2, -0.15) is 5.26 Å². The summed E-state index contributed by atoms with van der Waals surface area (Å²) in [6.07, 6.45) is 0.307. The minimum absolute atomic E-state index is 0.0715. The van der Waals surface area contributed by atoms with Crippen molar-refractivity contribution in [1.29, 1.82) is 5.26 Å². The van der Waals surface area contributed by atoms with Crippen LogP contribution in [0.2, 0.25) is 5.02 Å². The lowest BCUT2D eigenvalue weighted by atomic mass is 10.1. The van der Waals surface area contributed by atoms with Gasteiger partial charge in [0.25, 0.3) is 0 Å². The van der Waals surface area contributed by atoms with Gasteiger partial charge in [-0.15, -0.1) is 0 Å². The van der Waals surface area contributed by atoms with Crippen LogP contribution >= 0.6 is 11.6 Å². The van der Waals surface area contributed by atoms with Crippen LogP contribution in [0.15, 0.2) is 42.5 Å². The van der Waals surface area contributed by atoms with Crippen molar-refractivity contribution in [2.75, 3.05) is 11.1 Å². The fourth-order valence-corrected chi connectivity index (χ4v) is 2.39. The van der Waals surface area contributed by atoms with Crippen LogP contribution in [-0.4, -0.2) is 0 Å². The number of anilines is 2. The van der Waals surface area contributed by atoms with Crippen LogP contribution in [0, 0.1) is 11.3 Å². The van der Waals surface area contributed by atoms with E-state index in [0.29, 0.717) is 12.1 Å². The number of nitrogens with one attached hydrogen (secondary N) is 1. The third kappa shape index (κ3) is 3.23. The van der Waals surface area contributed by atoms with Crippen molar-refractivity contribution in [1.82, 2.24) is 0 Å². The Labute approximate surface area is 124 Å². The van der Waals surface area contributed by atoms with Gasteiger partial charge >= 0.3 is 0 Å². The number of nitrogens with two attached hydrogens (primary N) is 1. The minimum Gasteiger partial charge on any atom is -0.398 e. The molecule has 3 N–H and O–H groups in total. The molecule has 0 amide bonds. The maximum absolute atomic E-state index is 8.79. The Balaban J connectivity index is 2.20. The molecule has 4 heteroatoms. The largest absolute Gasteiger partial charge is 0.398 e. The van der Waals surface area contributed by atoms with Crippen LogP contribution in [0.5, 0.6) is 0 Å². The van der Waals surface area contributed by atoms with Crippen LogP contribution in [0.25, 0.3) is 0 Å². The number of rotatable bonds is 4. The van der Waals surface area contributed by atoms with E-state index < -0.39 is 0 Å². The van der Waals surface area contributed by atoms with Gasteiger partial charge in [-0.3, -0.25) is 0 Å². The molecule has 0 aliphatic rings. The highest BCUT2D eigenvalue weighted by molar-refractivity contribution is 6.31. The van der Waals surface area contributed by atoms with Crippen molar-refractivity contribution in [2.24, 2.45) is 0 Å². The highest BCUT2D eigenvalue weighted by Crippen LogP contribution is 2.27. The highest BCUT2D eigenvalue weighted by Gasteiger charge is 2.09. The van der Waals surface area contributed by atoms with Crippen molar-refractivity contribution in [3.8, 4) is 6.07 Å². The standard InChI is InChI=1S/C16H16ClN3/c1-11(14-4-2-3-5-15(14)17)20-13-6-7-16(19)12(10-13)8-9-18/h2-7,10-11,20H,8,19H2,1H3. The number of nitrogen functional groups attached to an aromatic ring is 1. The maximum atomic E-state index is 8.79. The smallest absolute Gasteiger partial charge is 0.0670 e. The first-order valence-corrected chi connectivity index (χ1v) is 6.76. The summed E-state index contributed by atoms with van der Waals surface area (Å²) in [5.74, 6) is 0. The van der Waals surface area contributed by atoms with E-state index in [0.717, 1.165) is 21.8 Å². The zero-order valence-electron chi connectivity index (χ0n) is 11.2. The lowest BCUT2D eigenvalue weighted by Gasteiger charge is -2.18. The van der Waals surface area contributed by atoms with Crippen molar-refractivity contribution in [3.63, 3.8) is 0 Å². The molecule has 1 unspecified atom stereocenters. The third-order valence-electron chi connectivity index (χ3n) is 3.17. The first-order valence-electron chi connectivity index (χ1n) is 6.38. The fraction of sp³-hybridized carbons (Fsp3) is 0.188. The number of hydrogen-bond donors (Lipinski definition) is 2. The Morgan fingerprint density at radius 2 is 2.05 bits per heavy atom. The number of halogens is 1. The Morgan fingerprint density at radius 3 is 2.75 bits per heavy atom. The molecule has 0 heterocycles. The van der Waals surface area contributed by atoms with Gasteiger partial charge in [0.05, 0.1) is 12.5 Å². The molecule has 0 saturated carbocycles. The van der Waals surface area contributed by atoms with E-state index in [2.05, 4.69) is 11.4 Å². The lowest BCUT2D eigenvalue weighted by Crippen LogP contribution is -2.07. The molecular weight excluding hydrogens is 270 g/mol. The molecule has 0 fully saturated rings. The number of hydrogen-bond acceptors (Lipinski definition) is 3. The van der Waals surface area contributed by atoms with E-state index in [4.69, 9.17) is 22.6 Å². The predicted octanol–water partition coefficient (Wildman–Crippen LogP) is 4.16. The first-order chi connectivity index (χ1) is 9.61. The zero-order valence-corrected chi connectivity index (χ0v) is 12.0. The molecule has 102 valence electrons. The van der Waals surface area contributed by atoms with Gasteiger partial charge in [-0.05, 0) is 42.3 Å². The van der Waals surface area contributed by atoms with Crippen molar-refractivity contribution >= 4 is 23.0 Å². The van der Waals surface area contributed by atoms with E-state index in [-0.39, 0.29) is 6.04 Å². The zero-order chi connectivity index (χ0) is 14.5. The van der Waals surface area contributed by atoms with Crippen LogP contribution in [0.3, 0.4) is 0 Å². The van der Waals surface area contributed by atoms with Crippen LogP contribution in [0.1, 0.15) is 24.1 Å². The topological polar surface area (TPSA) is 61.8 Å². The molecule has 0 bridgehead atoms. The summed E-state index contributed by atoms with van der Waals surface area (Å²) in [5.41, 5.74) is 9.28. The van der Waals surface area contributed by atoms with E-state index in [1.54, 1.807) is 0 Å². The molecule has 0 radical (unpaired) electrons. The van der Waals surface area contributed by atoms with Crippen LogP contribution in [-0.2, 0) is 6.42 Å². The van der Waals surface area contributed by atoms with Gasteiger partial charge < -0.3 is 11.1 Å². The number of nitrogens with zero attached hydrogens (tertiary/aromatic N) is 1. The van der Waals surface area contributed by atoms with Gasteiger partial charge in [0, 0.05) is 22.4 Å². The SMILES string of the molecule is CC(Nc1ccc(N)c(CC#N)c1)c1ccccc1Cl. The molecule has 2 aromatic carbocycles. The summed E-state index contributed by atoms with van der Waals surface area (Å²) >= 11 is 6.19. The van der Waals surface area contributed by atoms with Crippen molar-refractivity contribution in [3.05, 3.63) is 58.6 Å². The fourth-order valence-electron chi connectivity index (χ4n) is 2.09. The van der Waals surface area contributed by atoms with E-state index in [1.165, 1.54) is 0 Å². The maximum Gasteiger partial charge on any atom is 0.0670 e. The Bertz CT molecular complexity index is 646. The Hall–Kier alpha value is -2.18. The van der Waals surface area contributed by atoms with E-state index in [1.807, 2.05) is 49.4 Å². The summed E-state index contributed by atoms with van der Waals surface area (Å²) in [5, 5.41) is 12.9. The molecule has 1 atom stereocenters. The van der Waals surface area contributed by atoms with Gasteiger partial charge in [0.2, 0.25) is 0 Å². The van der Waals surface area contributed by atoms with Crippen molar-refractivity contribution < 1.29 is 0 Å². The molecular formula is C16H16ClN3. The first kappa shape index (κ1) is 14.2. The minimum atomic E-state index is 0.0715. The average Bonchev–Trinajstić information content (AvgIpc) is 2.43. The van der Waals surface area contributed by atoms with Crippen LogP contribution < -0.4 is 11.1 Å². The molecule has 20 heavy (non-hydrogen) atoms. The molecule has 0 aliphatic carbocycles. The molecule has 0 saturated heterocycles. The van der Waals surface area contributed by atoms with Gasteiger partial charge in [0.1, 0.15) is 0 Å². The highest BCUT2D eigenvalue weighted by atomic mass is 35.5. The quantitative estimate of drug-likeness (QED) is 0.829. The van der Waals surface area contributed by atoms with Crippen LogP contribution in [0.4, 0.5) is 11.4 Å². The average molecular weight is 286 g/mol. The monoisotopic (exact) mass is 285 g/mol. The molecule has 2 aromatic rings. The predicted molar refractivity (Wildman–Crippen MR) is 83.7 cm³/mol. The van der Waals surface area contributed by atoms with E-state index in [9.17, 15) is 0 Å². The summed E-state index contributed by atoms with van der Waals surface area (Å²) in [6, 6.07) is 15.6. The Morgan fingerprint density at radius 1 is 1.30 bits per heavy atom.